The van der Waals surface area contributed by atoms with Crippen molar-refractivity contribution < 1.29 is 34.7 Å². The summed E-state index contributed by atoms with van der Waals surface area (Å²) in [5.41, 5.74) is 0.00663. The Morgan fingerprint density at radius 1 is 1.27 bits per heavy atom. The molecule has 8 atom stereocenters. The molecule has 1 saturated heterocycles. The van der Waals surface area contributed by atoms with Crippen molar-refractivity contribution in [3.05, 3.63) is 12.2 Å². The first kappa shape index (κ1) is 21.5. The molecule has 7 heteroatoms. The summed E-state index contributed by atoms with van der Waals surface area (Å²) in [5.74, 6) is 0.292. The van der Waals surface area contributed by atoms with Crippen LogP contribution >= 0.6 is 0 Å². The van der Waals surface area contributed by atoms with Crippen molar-refractivity contribution in [2.24, 2.45) is 17.3 Å². The number of hydrogen-bond donors (Lipinski definition) is 4. The average Bonchev–Trinajstić information content (AvgIpc) is 2.58. The summed E-state index contributed by atoms with van der Waals surface area (Å²) in [5, 5.41) is 38.9. The summed E-state index contributed by atoms with van der Waals surface area (Å²) in [6.07, 6.45) is -1.64. The smallest absolute Gasteiger partial charge is 0.187 e. The predicted molar refractivity (Wildman–Crippen MR) is 94.1 cm³/mol. The zero-order valence-corrected chi connectivity index (χ0v) is 15.9. The lowest BCUT2D eigenvalue weighted by Gasteiger charge is -2.41. The molecule has 0 aromatic heterocycles. The topological polar surface area (TPSA) is 116 Å². The molecule has 1 aliphatic carbocycles. The van der Waals surface area contributed by atoms with Crippen molar-refractivity contribution in [2.75, 3.05) is 6.61 Å². The molecule has 1 aliphatic heterocycles. The minimum Gasteiger partial charge on any atom is -0.394 e. The van der Waals surface area contributed by atoms with Crippen LogP contribution in [0, 0.1) is 17.3 Å². The number of rotatable bonds is 5. The zero-order chi connectivity index (χ0) is 19.6. The Morgan fingerprint density at radius 2 is 1.92 bits per heavy atom. The predicted octanol–water partition coefficient (Wildman–Crippen LogP) is 0.389. The van der Waals surface area contributed by atoms with E-state index in [2.05, 4.69) is 13.8 Å². The molecule has 2 fully saturated rings. The fourth-order valence-corrected chi connectivity index (χ4v) is 3.86. The third-order valence-electron chi connectivity index (χ3n) is 5.75. The Hall–Kier alpha value is -0.830. The number of ketones is 1. The van der Waals surface area contributed by atoms with Crippen LogP contribution in [0.3, 0.4) is 0 Å². The second kappa shape index (κ2) is 8.46. The second-order valence-corrected chi connectivity index (χ2v) is 8.19. The molecule has 0 aromatic carbocycles. The van der Waals surface area contributed by atoms with Gasteiger partial charge in [-0.15, -0.1) is 0 Å². The van der Waals surface area contributed by atoms with Crippen molar-refractivity contribution in [2.45, 2.75) is 77.3 Å². The molecule has 7 nitrogen and oxygen atoms in total. The molecule has 1 saturated carbocycles. The molecule has 26 heavy (non-hydrogen) atoms. The van der Waals surface area contributed by atoms with Gasteiger partial charge in [-0.25, -0.2) is 0 Å². The maximum absolute atomic E-state index is 12.0. The van der Waals surface area contributed by atoms with Crippen molar-refractivity contribution >= 4 is 5.78 Å². The maximum Gasteiger partial charge on any atom is 0.187 e. The molecule has 2 rings (SSSR count). The number of aliphatic hydroxyl groups is 4. The number of Topliss-reactive ketones (excluding diaryl/α,β-unsaturated/α-hetero) is 1. The molecule has 0 radical (unpaired) electrons. The van der Waals surface area contributed by atoms with E-state index in [1.165, 1.54) is 0 Å². The van der Waals surface area contributed by atoms with Crippen molar-refractivity contribution in [3.8, 4) is 0 Å². The molecule has 0 spiro atoms. The largest absolute Gasteiger partial charge is 0.394 e. The standard InChI is InChI=1S/C19H32O7/c1-10(5-6-12-11(2)13(21)7-8-19(12,3)4)25-18-17(24)16(23)15(22)14(9-20)26-18/h5-6,10-12,14-18,20,22-24H,7-9H2,1-4H3. The summed E-state index contributed by atoms with van der Waals surface area (Å²) in [7, 11) is 0. The number of aliphatic hydroxyl groups excluding tert-OH is 4. The Balaban J connectivity index is 2.01. The van der Waals surface area contributed by atoms with Crippen LogP contribution in [0.2, 0.25) is 0 Å². The fourth-order valence-electron chi connectivity index (χ4n) is 3.86. The molecule has 2 aliphatic rings. The highest BCUT2D eigenvalue weighted by atomic mass is 16.7. The quantitative estimate of drug-likeness (QED) is 0.516. The van der Waals surface area contributed by atoms with E-state index in [0.29, 0.717) is 6.42 Å². The van der Waals surface area contributed by atoms with Gasteiger partial charge in [0.2, 0.25) is 0 Å². The number of hydrogen-bond acceptors (Lipinski definition) is 7. The molecule has 150 valence electrons. The van der Waals surface area contributed by atoms with Crippen molar-refractivity contribution in [1.29, 1.82) is 0 Å². The van der Waals surface area contributed by atoms with Gasteiger partial charge in [-0.2, -0.15) is 0 Å². The van der Waals surface area contributed by atoms with Crippen LogP contribution in [0.5, 0.6) is 0 Å². The van der Waals surface area contributed by atoms with Crippen LogP contribution in [0.4, 0.5) is 0 Å². The van der Waals surface area contributed by atoms with Gasteiger partial charge in [-0.05, 0) is 24.7 Å². The van der Waals surface area contributed by atoms with Gasteiger partial charge in [0.1, 0.15) is 30.2 Å². The fraction of sp³-hybridized carbons (Fsp3) is 0.842. The highest BCUT2D eigenvalue weighted by Crippen LogP contribution is 2.43. The highest BCUT2D eigenvalue weighted by Gasteiger charge is 2.44. The molecule has 4 N–H and O–H groups in total. The monoisotopic (exact) mass is 372 g/mol. The van der Waals surface area contributed by atoms with E-state index < -0.39 is 43.4 Å². The Labute approximate surface area is 154 Å². The molecule has 0 aromatic rings. The first-order valence-corrected chi connectivity index (χ1v) is 9.25. The lowest BCUT2D eigenvalue weighted by molar-refractivity contribution is -0.306. The molecule has 0 bridgehead atoms. The van der Waals surface area contributed by atoms with Gasteiger partial charge in [-0.1, -0.05) is 32.9 Å². The normalized spacial score (nSPS) is 42.2. The minimum atomic E-state index is -1.46. The van der Waals surface area contributed by atoms with Gasteiger partial charge in [0.15, 0.2) is 6.29 Å². The first-order chi connectivity index (χ1) is 12.1. The highest BCUT2D eigenvalue weighted by molar-refractivity contribution is 5.82. The lowest BCUT2D eigenvalue weighted by atomic mass is 9.63. The number of carbonyl (C=O) groups is 1. The van der Waals surface area contributed by atoms with E-state index in [1.807, 2.05) is 19.1 Å². The van der Waals surface area contributed by atoms with Crippen LogP contribution in [0.25, 0.3) is 0 Å². The molecular formula is C19H32O7. The average molecular weight is 372 g/mol. The van der Waals surface area contributed by atoms with Crippen LogP contribution in [-0.2, 0) is 14.3 Å². The Kier molecular flexibility index (Phi) is 6.98. The van der Waals surface area contributed by atoms with Crippen LogP contribution in [-0.4, -0.2) is 69.6 Å². The summed E-state index contributed by atoms with van der Waals surface area (Å²) < 4.78 is 11.0. The van der Waals surface area contributed by atoms with Gasteiger partial charge in [0, 0.05) is 12.3 Å². The second-order valence-electron chi connectivity index (χ2n) is 8.19. The van der Waals surface area contributed by atoms with E-state index >= 15 is 0 Å². The summed E-state index contributed by atoms with van der Waals surface area (Å²) in [6.45, 7) is 7.51. The van der Waals surface area contributed by atoms with E-state index in [4.69, 9.17) is 9.47 Å². The molecule has 1 heterocycles. The summed E-state index contributed by atoms with van der Waals surface area (Å²) in [4.78, 5) is 12.0. The first-order valence-electron chi connectivity index (χ1n) is 9.25. The summed E-state index contributed by atoms with van der Waals surface area (Å²) in [6, 6.07) is 0. The van der Waals surface area contributed by atoms with Gasteiger partial charge >= 0.3 is 0 Å². The van der Waals surface area contributed by atoms with Crippen molar-refractivity contribution in [1.82, 2.24) is 0 Å². The molecular weight excluding hydrogens is 340 g/mol. The Morgan fingerprint density at radius 3 is 2.54 bits per heavy atom. The van der Waals surface area contributed by atoms with Gasteiger partial charge < -0.3 is 29.9 Å². The zero-order valence-electron chi connectivity index (χ0n) is 15.9. The van der Waals surface area contributed by atoms with E-state index in [1.54, 1.807) is 6.92 Å². The number of ether oxygens (including phenoxy) is 2. The van der Waals surface area contributed by atoms with Crippen molar-refractivity contribution in [3.63, 3.8) is 0 Å². The summed E-state index contributed by atoms with van der Waals surface area (Å²) >= 11 is 0. The van der Waals surface area contributed by atoms with E-state index in [0.717, 1.165) is 6.42 Å². The lowest BCUT2D eigenvalue weighted by Crippen LogP contribution is -2.59. The molecule has 8 unspecified atom stereocenters. The Bertz CT molecular complexity index is 516. The third-order valence-corrected chi connectivity index (χ3v) is 5.75. The van der Waals surface area contributed by atoms with E-state index in [-0.39, 0.29) is 23.0 Å². The number of allylic oxidation sites excluding steroid dienone is 1. The maximum atomic E-state index is 12.0. The van der Waals surface area contributed by atoms with Gasteiger partial charge in [-0.3, -0.25) is 4.79 Å². The van der Waals surface area contributed by atoms with Gasteiger partial charge in [0.05, 0.1) is 12.7 Å². The van der Waals surface area contributed by atoms with E-state index in [9.17, 15) is 25.2 Å². The molecule has 0 amide bonds. The van der Waals surface area contributed by atoms with Gasteiger partial charge in [0.25, 0.3) is 0 Å². The van der Waals surface area contributed by atoms with Crippen LogP contribution < -0.4 is 0 Å². The number of carbonyl (C=O) groups excluding carboxylic acids is 1. The van der Waals surface area contributed by atoms with Crippen LogP contribution in [0.1, 0.15) is 40.5 Å². The van der Waals surface area contributed by atoms with Crippen LogP contribution in [0.15, 0.2) is 12.2 Å². The minimum absolute atomic E-state index is 0.00663. The SMILES string of the molecule is CC(C=CC1C(C)C(=O)CCC1(C)C)OC1OC(CO)C(O)C(O)C1O. The third kappa shape index (κ3) is 4.52.